The normalized spacial score (nSPS) is 47.0. The van der Waals surface area contributed by atoms with Crippen molar-refractivity contribution in [2.24, 2.45) is 22.7 Å². The van der Waals surface area contributed by atoms with Crippen molar-refractivity contribution in [3.05, 3.63) is 52.8 Å². The summed E-state index contributed by atoms with van der Waals surface area (Å²) in [7, 11) is 0. The molecule has 7 nitrogen and oxygen atoms in total. The molecule has 1 saturated heterocycles. The van der Waals surface area contributed by atoms with Crippen molar-refractivity contribution in [1.82, 2.24) is 4.98 Å². The molecule has 0 spiro atoms. The van der Waals surface area contributed by atoms with Crippen molar-refractivity contribution in [3.63, 3.8) is 0 Å². The number of Topliss-reactive ketones (excluding diaryl/α,β-unsaturated/α-hetero) is 1. The first kappa shape index (κ1) is 24.4. The molecular formula is C27H29ClFNO6. The number of alkyl halides is 1. The second kappa shape index (κ2) is 7.77. The summed E-state index contributed by atoms with van der Waals surface area (Å²) in [6, 6.07) is 3.28. The van der Waals surface area contributed by atoms with Gasteiger partial charge in [0, 0.05) is 28.5 Å². The van der Waals surface area contributed by atoms with E-state index in [4.69, 9.17) is 21.1 Å². The lowest BCUT2D eigenvalue weighted by atomic mass is 9.44. The number of nitrogens with zero attached hydrogens (tertiary/aromatic N) is 1. The van der Waals surface area contributed by atoms with E-state index in [2.05, 4.69) is 4.98 Å². The third-order valence-electron chi connectivity index (χ3n) is 9.96. The van der Waals surface area contributed by atoms with Crippen LogP contribution in [0.2, 0.25) is 5.15 Å². The van der Waals surface area contributed by atoms with Gasteiger partial charge in [0.15, 0.2) is 29.1 Å². The summed E-state index contributed by atoms with van der Waals surface area (Å²) in [5, 5.41) is 21.8. The molecule has 192 valence electrons. The minimum Gasteiger partial charge on any atom is -0.390 e. The smallest absolute Gasteiger partial charge is 0.193 e. The number of carbonyl (C=O) groups is 2. The highest BCUT2D eigenvalue weighted by Gasteiger charge is 2.79. The SMILES string of the molecule is C[C@]12C=CC(=O)C=C1CC[C@H]1[C@@H]3C[C@H]4OC(c5ccnc(Cl)c5)O[C@@]4(C(=O)CO)[C@@]3(C)C[C@H](O)[C@@]12F. The standard InChI is InChI=1S/C27H29ClFNO6/c1-24-7-5-16(32)10-15(24)3-4-17-18-11-21-27(20(34)13-31,25(18,2)12-19(33)26(17,24)29)36-23(35-21)14-6-8-30-22(28)9-14/h5-10,17-19,21,23,31,33H,3-4,11-13H2,1-2H3/t17-,18-,19-,21+,23?,24-,25-,26-,27+/m0/s1. The number of carbonyl (C=O) groups excluding carboxylic acids is 2. The molecule has 4 aliphatic carbocycles. The van der Waals surface area contributed by atoms with Crippen LogP contribution in [-0.4, -0.2) is 56.8 Å². The van der Waals surface area contributed by atoms with Gasteiger partial charge >= 0.3 is 0 Å². The third kappa shape index (κ3) is 2.80. The zero-order valence-corrected chi connectivity index (χ0v) is 20.9. The molecule has 1 aromatic heterocycles. The Hall–Kier alpha value is -1.97. The Morgan fingerprint density at radius 1 is 1.33 bits per heavy atom. The van der Waals surface area contributed by atoms with E-state index in [0.717, 1.165) is 0 Å². The van der Waals surface area contributed by atoms with Crippen molar-refractivity contribution >= 4 is 23.2 Å². The minimum absolute atomic E-state index is 0.0508. The predicted octanol–water partition coefficient (Wildman–Crippen LogP) is 3.43. The molecular weight excluding hydrogens is 489 g/mol. The van der Waals surface area contributed by atoms with Gasteiger partial charge in [0.25, 0.3) is 0 Å². The Morgan fingerprint density at radius 2 is 2.11 bits per heavy atom. The summed E-state index contributed by atoms with van der Waals surface area (Å²) < 4.78 is 30.1. The average Bonchev–Trinajstić information content (AvgIpc) is 3.34. The van der Waals surface area contributed by atoms with Crippen LogP contribution in [0.15, 0.2) is 42.1 Å². The van der Waals surface area contributed by atoms with Gasteiger partial charge in [0.1, 0.15) is 11.8 Å². The fourth-order valence-corrected chi connectivity index (χ4v) is 8.47. The number of pyridine rings is 1. The number of ketones is 2. The maximum absolute atomic E-state index is 17.3. The first-order valence-corrected chi connectivity index (χ1v) is 12.8. The lowest BCUT2D eigenvalue weighted by Gasteiger charge is -2.62. The summed E-state index contributed by atoms with van der Waals surface area (Å²) in [5.74, 6) is -1.66. The fraction of sp³-hybridized carbons (Fsp3) is 0.593. The maximum atomic E-state index is 17.3. The van der Waals surface area contributed by atoms with Gasteiger partial charge in [-0.1, -0.05) is 30.2 Å². The molecule has 6 rings (SSSR count). The second-order valence-electron chi connectivity index (χ2n) is 11.3. The quantitative estimate of drug-likeness (QED) is 0.592. The van der Waals surface area contributed by atoms with E-state index in [1.165, 1.54) is 18.3 Å². The van der Waals surface area contributed by atoms with Crippen LogP contribution >= 0.6 is 11.6 Å². The Morgan fingerprint density at radius 3 is 2.83 bits per heavy atom. The number of ether oxygens (including phenoxy) is 2. The molecule has 1 aromatic rings. The molecule has 5 aliphatic rings. The molecule has 0 radical (unpaired) electrons. The van der Waals surface area contributed by atoms with E-state index < -0.39 is 58.9 Å². The molecule has 2 heterocycles. The number of allylic oxidation sites excluding steroid dienone is 4. The number of aromatic nitrogens is 1. The number of hydrogen-bond donors (Lipinski definition) is 2. The number of hydrogen-bond acceptors (Lipinski definition) is 7. The van der Waals surface area contributed by atoms with Gasteiger partial charge in [0.2, 0.25) is 0 Å². The minimum atomic E-state index is -2.03. The highest BCUT2D eigenvalue weighted by atomic mass is 35.5. The fourth-order valence-electron chi connectivity index (χ4n) is 8.29. The topological polar surface area (TPSA) is 106 Å². The van der Waals surface area contributed by atoms with Crippen molar-refractivity contribution in [3.8, 4) is 0 Å². The molecule has 0 amide bonds. The van der Waals surface area contributed by atoms with Gasteiger partial charge < -0.3 is 19.7 Å². The lowest BCUT2D eigenvalue weighted by molar-refractivity contribution is -0.231. The van der Waals surface area contributed by atoms with Gasteiger partial charge in [-0.15, -0.1) is 0 Å². The Bertz CT molecular complexity index is 1220. The molecule has 3 saturated carbocycles. The van der Waals surface area contributed by atoms with Crippen molar-refractivity contribution in [2.45, 2.75) is 69.3 Å². The van der Waals surface area contributed by atoms with Gasteiger partial charge in [-0.05, 0) is 62.8 Å². The van der Waals surface area contributed by atoms with Crippen LogP contribution in [0.3, 0.4) is 0 Å². The highest BCUT2D eigenvalue weighted by molar-refractivity contribution is 6.29. The molecule has 4 fully saturated rings. The summed E-state index contributed by atoms with van der Waals surface area (Å²) in [4.78, 5) is 29.5. The monoisotopic (exact) mass is 517 g/mol. The van der Waals surface area contributed by atoms with Gasteiger partial charge in [-0.2, -0.15) is 0 Å². The summed E-state index contributed by atoms with van der Waals surface area (Å²) in [6.45, 7) is 2.84. The first-order chi connectivity index (χ1) is 17.0. The van der Waals surface area contributed by atoms with E-state index in [9.17, 15) is 19.8 Å². The number of aliphatic hydroxyl groups excluding tert-OH is 2. The number of rotatable bonds is 3. The first-order valence-electron chi connectivity index (χ1n) is 12.4. The molecule has 0 bridgehead atoms. The summed E-state index contributed by atoms with van der Waals surface area (Å²) in [6.07, 6.45) is 4.17. The molecule has 0 aromatic carbocycles. The van der Waals surface area contributed by atoms with Crippen LogP contribution in [0.25, 0.3) is 0 Å². The van der Waals surface area contributed by atoms with Gasteiger partial charge in [-0.3, -0.25) is 9.59 Å². The Labute approximate surface area is 213 Å². The Kier molecular flexibility index (Phi) is 5.26. The van der Waals surface area contributed by atoms with Gasteiger partial charge in [0.05, 0.1) is 12.2 Å². The lowest BCUT2D eigenvalue weighted by Crippen LogP contribution is -2.69. The zero-order chi connectivity index (χ0) is 25.7. The van der Waals surface area contributed by atoms with Crippen LogP contribution in [0.1, 0.15) is 51.4 Å². The zero-order valence-electron chi connectivity index (χ0n) is 20.1. The number of fused-ring (bicyclic) bond motifs is 7. The van der Waals surface area contributed by atoms with E-state index in [-0.39, 0.29) is 23.3 Å². The van der Waals surface area contributed by atoms with Crippen molar-refractivity contribution in [1.29, 1.82) is 0 Å². The van der Waals surface area contributed by atoms with Crippen LogP contribution in [0.4, 0.5) is 4.39 Å². The molecule has 2 N–H and O–H groups in total. The largest absolute Gasteiger partial charge is 0.390 e. The second-order valence-corrected chi connectivity index (χ2v) is 11.7. The van der Waals surface area contributed by atoms with E-state index in [1.54, 1.807) is 25.1 Å². The molecule has 1 aliphatic heterocycles. The van der Waals surface area contributed by atoms with Crippen molar-refractivity contribution in [2.75, 3.05) is 6.61 Å². The maximum Gasteiger partial charge on any atom is 0.193 e. The predicted molar refractivity (Wildman–Crippen MR) is 127 cm³/mol. The van der Waals surface area contributed by atoms with Crippen LogP contribution in [-0.2, 0) is 19.1 Å². The van der Waals surface area contributed by atoms with Crippen LogP contribution < -0.4 is 0 Å². The summed E-state index contributed by atoms with van der Waals surface area (Å²) >= 11 is 6.06. The Balaban J connectivity index is 1.43. The molecule has 36 heavy (non-hydrogen) atoms. The molecule has 9 atom stereocenters. The van der Waals surface area contributed by atoms with Crippen LogP contribution in [0.5, 0.6) is 0 Å². The van der Waals surface area contributed by atoms with Gasteiger partial charge in [-0.25, -0.2) is 9.37 Å². The van der Waals surface area contributed by atoms with Crippen molar-refractivity contribution < 1.29 is 33.7 Å². The van der Waals surface area contributed by atoms with E-state index >= 15 is 4.39 Å². The van der Waals surface area contributed by atoms with E-state index in [0.29, 0.717) is 30.4 Å². The average molecular weight is 518 g/mol. The van der Waals surface area contributed by atoms with E-state index in [1.807, 2.05) is 6.92 Å². The number of aliphatic hydroxyl groups is 2. The molecule has 9 heteroatoms. The van der Waals surface area contributed by atoms with Crippen LogP contribution in [0, 0.1) is 22.7 Å². The third-order valence-corrected chi connectivity index (χ3v) is 10.2. The molecule has 1 unspecified atom stereocenters. The summed E-state index contributed by atoms with van der Waals surface area (Å²) in [5.41, 5.74) is -4.42. The number of halogens is 2. The highest BCUT2D eigenvalue weighted by Crippen LogP contribution is 2.72.